The first kappa shape index (κ1) is 30.1. The van der Waals surface area contributed by atoms with Crippen molar-refractivity contribution >= 4 is 28.9 Å². The third-order valence-corrected chi connectivity index (χ3v) is 8.66. The van der Waals surface area contributed by atoms with Gasteiger partial charge in [0.05, 0.1) is 23.8 Å². The summed E-state index contributed by atoms with van der Waals surface area (Å²) in [6.45, 7) is 3.39. The van der Waals surface area contributed by atoms with Gasteiger partial charge in [0.2, 0.25) is 5.91 Å². The van der Waals surface area contributed by atoms with Crippen LogP contribution in [0.2, 0.25) is 0 Å². The van der Waals surface area contributed by atoms with Crippen molar-refractivity contribution in [2.75, 3.05) is 41.7 Å². The van der Waals surface area contributed by atoms with E-state index in [0.717, 1.165) is 67.1 Å². The largest absolute Gasteiger partial charge is 0.481 e. The van der Waals surface area contributed by atoms with E-state index >= 15 is 0 Å². The monoisotopic (exact) mass is 610 g/mol. The summed E-state index contributed by atoms with van der Waals surface area (Å²) in [5.74, 6) is -1.89. The second kappa shape index (κ2) is 13.0. The molecule has 4 aromatic rings. The summed E-state index contributed by atoms with van der Waals surface area (Å²) in [4.78, 5) is 31.5. The van der Waals surface area contributed by atoms with Gasteiger partial charge in [-0.1, -0.05) is 36.4 Å². The number of amides is 1. The van der Waals surface area contributed by atoms with Gasteiger partial charge in [-0.25, -0.2) is 8.78 Å². The summed E-state index contributed by atoms with van der Waals surface area (Å²) in [6, 6.07) is 25.4. The number of nitrogens with two attached hydrogens (primary N) is 1. The second-order valence-electron chi connectivity index (χ2n) is 11.8. The van der Waals surface area contributed by atoms with Crippen molar-refractivity contribution in [3.63, 3.8) is 0 Å². The number of nitrogen functional groups attached to an aromatic ring is 1. The molecule has 2 aliphatic rings. The highest BCUT2D eigenvalue weighted by molar-refractivity contribution is 5.82. The molecule has 0 bridgehead atoms. The van der Waals surface area contributed by atoms with Crippen LogP contribution < -0.4 is 15.5 Å². The molecule has 0 spiro atoms. The molecule has 1 saturated heterocycles. The summed E-state index contributed by atoms with van der Waals surface area (Å²) in [5, 5.41) is 9.72. The molecule has 232 valence electrons. The predicted octanol–water partition coefficient (Wildman–Crippen LogP) is 6.50. The Morgan fingerprint density at radius 1 is 0.822 bits per heavy atom. The lowest BCUT2D eigenvalue weighted by Gasteiger charge is -2.38. The van der Waals surface area contributed by atoms with E-state index in [1.165, 1.54) is 24.3 Å². The van der Waals surface area contributed by atoms with Crippen LogP contribution in [-0.4, -0.2) is 48.1 Å². The average molecular weight is 611 g/mol. The normalized spacial score (nSPS) is 15.5. The Hall–Kier alpha value is -4.92. The van der Waals surface area contributed by atoms with Crippen LogP contribution in [0.4, 0.5) is 25.8 Å². The van der Waals surface area contributed by atoms with E-state index < -0.39 is 17.8 Å². The highest BCUT2D eigenvalue weighted by Gasteiger charge is 2.37. The van der Waals surface area contributed by atoms with E-state index in [4.69, 9.17) is 5.73 Å². The minimum absolute atomic E-state index is 0.0795. The van der Waals surface area contributed by atoms with Gasteiger partial charge in [-0.05, 0) is 89.7 Å². The molecule has 2 fully saturated rings. The molecule has 1 aliphatic carbocycles. The van der Waals surface area contributed by atoms with Crippen LogP contribution in [0.5, 0.6) is 0 Å². The molecule has 45 heavy (non-hydrogen) atoms. The Morgan fingerprint density at radius 3 is 2.07 bits per heavy atom. The van der Waals surface area contributed by atoms with Crippen LogP contribution in [-0.2, 0) is 16.1 Å². The van der Waals surface area contributed by atoms with E-state index in [0.29, 0.717) is 11.3 Å². The van der Waals surface area contributed by atoms with Gasteiger partial charge in [-0.3, -0.25) is 9.59 Å². The van der Waals surface area contributed by atoms with Crippen LogP contribution in [0.15, 0.2) is 91.0 Å². The Morgan fingerprint density at radius 2 is 1.44 bits per heavy atom. The zero-order valence-corrected chi connectivity index (χ0v) is 24.9. The number of hydrogen-bond donors (Lipinski definition) is 2. The molecule has 1 atom stereocenters. The number of carbonyl (C=O) groups excluding carboxylic acids is 1. The Kier molecular flexibility index (Phi) is 8.69. The maximum absolute atomic E-state index is 13.7. The number of hydrogen-bond acceptors (Lipinski definition) is 5. The van der Waals surface area contributed by atoms with Crippen LogP contribution >= 0.6 is 0 Å². The number of halogens is 2. The van der Waals surface area contributed by atoms with Crippen molar-refractivity contribution in [2.24, 2.45) is 5.92 Å². The first-order chi connectivity index (χ1) is 21.7. The first-order valence-corrected chi connectivity index (χ1v) is 15.3. The smallest absolute Gasteiger partial charge is 0.305 e. The van der Waals surface area contributed by atoms with Crippen LogP contribution in [0, 0.1) is 17.6 Å². The molecule has 4 aromatic carbocycles. The van der Waals surface area contributed by atoms with Gasteiger partial charge < -0.3 is 25.5 Å². The number of piperazine rings is 1. The van der Waals surface area contributed by atoms with Gasteiger partial charge in [0.15, 0.2) is 0 Å². The summed E-state index contributed by atoms with van der Waals surface area (Å²) < 4.78 is 27.0. The van der Waals surface area contributed by atoms with Crippen molar-refractivity contribution in [3.05, 3.63) is 114 Å². The molecule has 9 heteroatoms. The zero-order chi connectivity index (χ0) is 31.5. The van der Waals surface area contributed by atoms with Crippen molar-refractivity contribution < 1.29 is 23.5 Å². The van der Waals surface area contributed by atoms with Crippen LogP contribution in [0.1, 0.15) is 36.4 Å². The van der Waals surface area contributed by atoms with Gasteiger partial charge in [0.1, 0.15) is 11.6 Å². The average Bonchev–Trinajstić information content (AvgIpc) is 3.89. The minimum Gasteiger partial charge on any atom is -0.481 e. The Balaban J connectivity index is 1.20. The number of carboxylic acids is 1. The maximum Gasteiger partial charge on any atom is 0.305 e. The van der Waals surface area contributed by atoms with Crippen LogP contribution in [0.25, 0.3) is 11.1 Å². The van der Waals surface area contributed by atoms with E-state index in [2.05, 4.69) is 9.80 Å². The van der Waals surface area contributed by atoms with Crippen molar-refractivity contribution in [1.29, 1.82) is 0 Å². The molecule has 0 radical (unpaired) electrons. The summed E-state index contributed by atoms with van der Waals surface area (Å²) in [6.07, 6.45) is 1.29. The van der Waals surface area contributed by atoms with Crippen molar-refractivity contribution in [1.82, 2.24) is 4.90 Å². The van der Waals surface area contributed by atoms with Gasteiger partial charge in [-0.15, -0.1) is 0 Å². The summed E-state index contributed by atoms with van der Waals surface area (Å²) >= 11 is 0. The Bertz CT molecular complexity index is 1670. The molecule has 0 aromatic heterocycles. The lowest BCUT2D eigenvalue weighted by atomic mass is 9.98. The van der Waals surface area contributed by atoms with Gasteiger partial charge in [0, 0.05) is 44.3 Å². The summed E-state index contributed by atoms with van der Waals surface area (Å²) in [7, 11) is 0. The third kappa shape index (κ3) is 7.09. The fraction of sp³-hybridized carbons (Fsp3) is 0.278. The quantitative estimate of drug-likeness (QED) is 0.200. The standard InChI is InChI=1S/C36H36F2N4O3/c37-29-9-6-25(7-10-29)34(22-35(43)44)42(36(45)26-4-5-26)23-24-2-1-3-27(20-24)28-8-15-33(32(39)21-28)41-18-16-40(17-19-41)31-13-11-30(38)12-14-31/h1-3,6-15,20-21,26,34H,4-5,16-19,22-23,39H2,(H,43,44). The molecule has 1 saturated carbocycles. The number of nitrogens with zero attached hydrogens (tertiary/aromatic N) is 3. The topological polar surface area (TPSA) is 90.1 Å². The minimum atomic E-state index is -1.03. The van der Waals surface area contributed by atoms with Gasteiger partial charge in [-0.2, -0.15) is 0 Å². The first-order valence-electron chi connectivity index (χ1n) is 15.3. The van der Waals surface area contributed by atoms with E-state index in [1.54, 1.807) is 29.2 Å². The number of benzene rings is 4. The fourth-order valence-electron chi connectivity index (χ4n) is 6.09. The summed E-state index contributed by atoms with van der Waals surface area (Å²) in [5.41, 5.74) is 12.5. The second-order valence-corrected chi connectivity index (χ2v) is 11.8. The molecule has 1 amide bonds. The van der Waals surface area contributed by atoms with Gasteiger partial charge >= 0.3 is 5.97 Å². The number of rotatable bonds is 10. The van der Waals surface area contributed by atoms with E-state index in [9.17, 15) is 23.5 Å². The van der Waals surface area contributed by atoms with E-state index in [1.807, 2.05) is 42.5 Å². The van der Waals surface area contributed by atoms with E-state index in [-0.39, 0.29) is 30.6 Å². The lowest BCUT2D eigenvalue weighted by Crippen LogP contribution is -2.46. The lowest BCUT2D eigenvalue weighted by molar-refractivity contribution is -0.142. The fourth-order valence-corrected chi connectivity index (χ4v) is 6.09. The molecule has 6 rings (SSSR count). The number of carbonyl (C=O) groups is 2. The number of carboxylic acid groups (broad SMARTS) is 1. The molecule has 1 unspecified atom stereocenters. The van der Waals surface area contributed by atoms with Gasteiger partial charge in [0.25, 0.3) is 0 Å². The predicted molar refractivity (Wildman–Crippen MR) is 172 cm³/mol. The SMILES string of the molecule is Nc1cc(-c2cccc(CN(C(=O)C3CC3)C(CC(=O)O)c3ccc(F)cc3)c2)ccc1N1CCN(c2ccc(F)cc2)CC1. The van der Waals surface area contributed by atoms with Crippen LogP contribution in [0.3, 0.4) is 0 Å². The maximum atomic E-state index is 13.7. The molecule has 7 nitrogen and oxygen atoms in total. The molecule has 1 aliphatic heterocycles. The molecular weight excluding hydrogens is 574 g/mol. The highest BCUT2D eigenvalue weighted by atomic mass is 19.1. The number of anilines is 3. The highest BCUT2D eigenvalue weighted by Crippen LogP contribution is 2.37. The van der Waals surface area contributed by atoms with Crippen molar-refractivity contribution in [3.8, 4) is 11.1 Å². The van der Waals surface area contributed by atoms with Crippen molar-refractivity contribution in [2.45, 2.75) is 31.8 Å². The third-order valence-electron chi connectivity index (χ3n) is 8.66. The molecule has 1 heterocycles. The number of aliphatic carboxylic acids is 1. The molecular formula is C36H36F2N4O3. The molecule has 3 N–H and O–H groups in total. The zero-order valence-electron chi connectivity index (χ0n) is 24.9. The Labute approximate surface area is 261 Å².